The molecule has 4 rings (SSSR count). The number of aromatic nitrogens is 4. The molecule has 0 fully saturated rings. The number of carbonyl (C=O) groups excluding carboxylic acids is 1. The zero-order valence-corrected chi connectivity index (χ0v) is 12.5. The fourth-order valence-electron chi connectivity index (χ4n) is 2.82. The molecule has 0 radical (unpaired) electrons. The molecule has 7 nitrogen and oxygen atoms in total. The molecule has 1 aliphatic heterocycles. The number of imidazole rings is 1. The van der Waals surface area contributed by atoms with Gasteiger partial charge in [-0.25, -0.2) is 9.97 Å². The Bertz CT molecular complexity index is 863. The summed E-state index contributed by atoms with van der Waals surface area (Å²) in [6.45, 7) is 0.867. The minimum atomic E-state index is -0.189. The molecular formula is C16H15N5O2. The molecule has 1 amide bonds. The van der Waals surface area contributed by atoms with E-state index >= 15 is 0 Å². The summed E-state index contributed by atoms with van der Waals surface area (Å²) < 4.78 is 7.07. The van der Waals surface area contributed by atoms with Crippen LogP contribution >= 0.6 is 0 Å². The van der Waals surface area contributed by atoms with E-state index in [1.54, 1.807) is 37.8 Å². The van der Waals surface area contributed by atoms with Crippen LogP contribution in [0.2, 0.25) is 0 Å². The van der Waals surface area contributed by atoms with Crippen LogP contribution in [0.4, 0.5) is 5.69 Å². The summed E-state index contributed by atoms with van der Waals surface area (Å²) in [4.78, 5) is 24.3. The van der Waals surface area contributed by atoms with Gasteiger partial charge in [-0.05, 0) is 6.07 Å². The van der Waals surface area contributed by atoms with Crippen molar-refractivity contribution in [3.8, 4) is 17.3 Å². The number of ether oxygens (including phenoxy) is 1. The highest BCUT2D eigenvalue weighted by molar-refractivity contribution is 6.08. The van der Waals surface area contributed by atoms with E-state index in [1.807, 2.05) is 6.20 Å². The van der Waals surface area contributed by atoms with Gasteiger partial charge in [0.25, 0.3) is 5.91 Å². The number of rotatable bonds is 3. The number of hydrogen-bond donors (Lipinski definition) is 2. The molecule has 0 saturated carbocycles. The standard InChI is InChI=1S/C16H15N5O2/c1-23-13-3-2-10(8-19-13)20-16(22)11-9-18-12-4-6-21-7-5-17-15(21)14(11)12/h2-3,5,7-9,18H,4,6H2,1H3,(H,20,22). The molecule has 1 aliphatic rings. The minimum absolute atomic E-state index is 0.189. The first kappa shape index (κ1) is 13.6. The van der Waals surface area contributed by atoms with Crippen LogP contribution in [-0.2, 0) is 13.0 Å². The second kappa shape index (κ2) is 5.28. The molecule has 2 N–H and O–H groups in total. The van der Waals surface area contributed by atoms with Crippen LogP contribution in [0.3, 0.4) is 0 Å². The Kier molecular flexibility index (Phi) is 3.11. The zero-order valence-electron chi connectivity index (χ0n) is 12.5. The number of methoxy groups -OCH3 is 1. The third-order valence-electron chi connectivity index (χ3n) is 3.95. The number of amides is 1. The molecule has 0 spiro atoms. The van der Waals surface area contributed by atoms with Gasteiger partial charge in [-0.2, -0.15) is 0 Å². The number of nitrogens with zero attached hydrogens (tertiary/aromatic N) is 3. The van der Waals surface area contributed by atoms with Crippen LogP contribution in [0.5, 0.6) is 5.88 Å². The summed E-state index contributed by atoms with van der Waals surface area (Å²) >= 11 is 0. The predicted molar refractivity (Wildman–Crippen MR) is 84.5 cm³/mol. The largest absolute Gasteiger partial charge is 0.481 e. The highest BCUT2D eigenvalue weighted by atomic mass is 16.5. The van der Waals surface area contributed by atoms with Gasteiger partial charge < -0.3 is 19.6 Å². The molecular weight excluding hydrogens is 294 g/mol. The summed E-state index contributed by atoms with van der Waals surface area (Å²) in [6.07, 6.45) is 7.85. The van der Waals surface area contributed by atoms with Crippen LogP contribution in [0, 0.1) is 0 Å². The Labute approximate surface area is 132 Å². The topological polar surface area (TPSA) is 84.8 Å². The first-order chi connectivity index (χ1) is 11.3. The predicted octanol–water partition coefficient (Wildman–Crippen LogP) is 2.09. The van der Waals surface area contributed by atoms with Crippen molar-refractivity contribution in [2.45, 2.75) is 13.0 Å². The fraction of sp³-hybridized carbons (Fsp3) is 0.188. The van der Waals surface area contributed by atoms with Gasteiger partial charge in [-0.3, -0.25) is 4.79 Å². The van der Waals surface area contributed by atoms with Gasteiger partial charge in [0.05, 0.1) is 30.1 Å². The van der Waals surface area contributed by atoms with Crippen molar-refractivity contribution < 1.29 is 9.53 Å². The Morgan fingerprint density at radius 3 is 3.09 bits per heavy atom. The number of fused-ring (bicyclic) bond motifs is 3. The van der Waals surface area contributed by atoms with Gasteiger partial charge >= 0.3 is 0 Å². The van der Waals surface area contributed by atoms with Crippen molar-refractivity contribution in [2.24, 2.45) is 0 Å². The van der Waals surface area contributed by atoms with Gasteiger partial charge in [-0.1, -0.05) is 0 Å². The summed E-state index contributed by atoms with van der Waals surface area (Å²) in [6, 6.07) is 3.46. The lowest BCUT2D eigenvalue weighted by molar-refractivity contribution is 0.102. The zero-order chi connectivity index (χ0) is 15.8. The molecule has 23 heavy (non-hydrogen) atoms. The summed E-state index contributed by atoms with van der Waals surface area (Å²) in [5.74, 6) is 1.14. The number of anilines is 1. The van der Waals surface area contributed by atoms with E-state index in [2.05, 4.69) is 24.8 Å². The number of hydrogen-bond acceptors (Lipinski definition) is 4. The van der Waals surface area contributed by atoms with Crippen LogP contribution in [0.25, 0.3) is 11.4 Å². The molecule has 0 saturated heterocycles. The first-order valence-corrected chi connectivity index (χ1v) is 7.29. The van der Waals surface area contributed by atoms with E-state index in [9.17, 15) is 4.79 Å². The van der Waals surface area contributed by atoms with E-state index in [0.29, 0.717) is 17.1 Å². The van der Waals surface area contributed by atoms with E-state index in [-0.39, 0.29) is 5.91 Å². The lowest BCUT2D eigenvalue weighted by atomic mass is 10.0. The summed E-state index contributed by atoms with van der Waals surface area (Å²) in [5, 5.41) is 2.85. The maximum absolute atomic E-state index is 12.6. The Balaban J connectivity index is 1.64. The Hall–Kier alpha value is -3.09. The number of aromatic amines is 1. The molecule has 3 aromatic heterocycles. The average Bonchev–Trinajstić information content (AvgIpc) is 3.21. The lowest BCUT2D eigenvalue weighted by Crippen LogP contribution is -2.15. The van der Waals surface area contributed by atoms with Gasteiger partial charge in [0.1, 0.15) is 5.82 Å². The lowest BCUT2D eigenvalue weighted by Gasteiger charge is -2.15. The Morgan fingerprint density at radius 2 is 2.30 bits per heavy atom. The van der Waals surface area contributed by atoms with E-state index < -0.39 is 0 Å². The second-order valence-electron chi connectivity index (χ2n) is 5.29. The Morgan fingerprint density at radius 1 is 1.39 bits per heavy atom. The molecule has 0 unspecified atom stereocenters. The normalized spacial score (nSPS) is 12.4. The van der Waals surface area contributed by atoms with E-state index in [0.717, 1.165) is 30.0 Å². The van der Waals surface area contributed by atoms with Gasteiger partial charge in [0, 0.05) is 43.3 Å². The second-order valence-corrected chi connectivity index (χ2v) is 5.29. The fourth-order valence-corrected chi connectivity index (χ4v) is 2.82. The highest BCUT2D eigenvalue weighted by Gasteiger charge is 2.25. The van der Waals surface area contributed by atoms with Gasteiger partial charge in [0.15, 0.2) is 0 Å². The van der Waals surface area contributed by atoms with Crippen molar-refractivity contribution in [3.05, 3.63) is 48.2 Å². The highest BCUT2D eigenvalue weighted by Crippen LogP contribution is 2.31. The minimum Gasteiger partial charge on any atom is -0.481 e. The number of pyridine rings is 1. The third-order valence-corrected chi connectivity index (χ3v) is 3.95. The van der Waals surface area contributed by atoms with Crippen LogP contribution in [0.1, 0.15) is 16.1 Å². The molecule has 3 aromatic rings. The summed E-state index contributed by atoms with van der Waals surface area (Å²) in [5.41, 5.74) is 3.12. The smallest absolute Gasteiger partial charge is 0.258 e. The van der Waals surface area contributed by atoms with Crippen molar-refractivity contribution in [3.63, 3.8) is 0 Å². The van der Waals surface area contributed by atoms with Crippen molar-refractivity contribution in [1.82, 2.24) is 19.5 Å². The summed E-state index contributed by atoms with van der Waals surface area (Å²) in [7, 11) is 1.55. The number of aryl methyl sites for hydroxylation is 2. The molecule has 0 bridgehead atoms. The average molecular weight is 309 g/mol. The van der Waals surface area contributed by atoms with Crippen LogP contribution < -0.4 is 10.1 Å². The monoisotopic (exact) mass is 309 g/mol. The molecule has 0 aliphatic carbocycles. The third kappa shape index (κ3) is 2.26. The number of carbonyl (C=O) groups is 1. The molecule has 116 valence electrons. The molecule has 4 heterocycles. The van der Waals surface area contributed by atoms with E-state index in [1.165, 1.54) is 0 Å². The maximum atomic E-state index is 12.6. The van der Waals surface area contributed by atoms with E-state index in [4.69, 9.17) is 4.74 Å². The number of nitrogens with one attached hydrogen (secondary N) is 2. The SMILES string of the molecule is COc1ccc(NC(=O)c2c[nH]c3c2-c2nccn2CC3)cn1. The number of H-pyrrole nitrogens is 1. The van der Waals surface area contributed by atoms with Crippen molar-refractivity contribution in [2.75, 3.05) is 12.4 Å². The molecule has 0 aromatic carbocycles. The quantitative estimate of drug-likeness (QED) is 0.776. The maximum Gasteiger partial charge on any atom is 0.258 e. The van der Waals surface area contributed by atoms with Crippen molar-refractivity contribution >= 4 is 11.6 Å². The van der Waals surface area contributed by atoms with Crippen LogP contribution in [-0.4, -0.2) is 32.5 Å². The van der Waals surface area contributed by atoms with Gasteiger partial charge in [-0.15, -0.1) is 0 Å². The molecule has 0 atom stereocenters. The van der Waals surface area contributed by atoms with Gasteiger partial charge in [0.2, 0.25) is 5.88 Å². The first-order valence-electron chi connectivity index (χ1n) is 7.29. The molecule has 7 heteroatoms. The van der Waals surface area contributed by atoms with Crippen LogP contribution in [0.15, 0.2) is 36.9 Å². The van der Waals surface area contributed by atoms with Crippen molar-refractivity contribution in [1.29, 1.82) is 0 Å².